The number of aromatic nitrogens is 4. The van der Waals surface area contributed by atoms with E-state index in [0.717, 1.165) is 27.1 Å². The van der Waals surface area contributed by atoms with Gasteiger partial charge in [0.05, 0.1) is 11.7 Å². The molecule has 32 heavy (non-hydrogen) atoms. The van der Waals surface area contributed by atoms with Crippen LogP contribution in [-0.2, 0) is 13.6 Å². The Labute approximate surface area is 183 Å². The third kappa shape index (κ3) is 4.21. The highest BCUT2D eigenvalue weighted by Gasteiger charge is 2.46. The minimum atomic E-state index is -4.50. The highest BCUT2D eigenvalue weighted by atomic mass is 19.4. The van der Waals surface area contributed by atoms with Crippen molar-refractivity contribution in [3.05, 3.63) is 64.6 Å². The van der Waals surface area contributed by atoms with E-state index in [4.69, 9.17) is 0 Å². The van der Waals surface area contributed by atoms with Crippen LogP contribution < -0.4 is 5.32 Å². The van der Waals surface area contributed by atoms with Crippen LogP contribution in [0.1, 0.15) is 51.4 Å². The van der Waals surface area contributed by atoms with Crippen LogP contribution in [0.5, 0.6) is 0 Å². The van der Waals surface area contributed by atoms with Crippen LogP contribution in [0.3, 0.4) is 0 Å². The molecule has 0 spiro atoms. The first-order chi connectivity index (χ1) is 15.0. The molecular formula is C22H25F3N6O. The molecule has 0 bridgehead atoms. The number of nitrogens with zero attached hydrogens (tertiary/aromatic N) is 5. The fourth-order valence-electron chi connectivity index (χ4n) is 4.02. The van der Waals surface area contributed by atoms with Crippen molar-refractivity contribution in [3.8, 4) is 0 Å². The van der Waals surface area contributed by atoms with Gasteiger partial charge in [-0.2, -0.15) is 23.4 Å². The van der Waals surface area contributed by atoms with Gasteiger partial charge in [0.1, 0.15) is 5.82 Å². The number of amides is 1. The third-order valence-electron chi connectivity index (χ3n) is 5.76. The second-order valence-corrected chi connectivity index (χ2v) is 8.33. The van der Waals surface area contributed by atoms with E-state index in [1.807, 2.05) is 44.3 Å². The van der Waals surface area contributed by atoms with E-state index in [9.17, 15) is 18.0 Å². The van der Waals surface area contributed by atoms with Crippen molar-refractivity contribution in [2.75, 3.05) is 12.4 Å². The van der Waals surface area contributed by atoms with E-state index in [1.54, 1.807) is 18.8 Å². The molecule has 1 aliphatic heterocycles. The Morgan fingerprint density at radius 3 is 2.50 bits per heavy atom. The van der Waals surface area contributed by atoms with E-state index in [0.29, 0.717) is 0 Å². The molecule has 2 aromatic heterocycles. The Morgan fingerprint density at radius 1 is 1.22 bits per heavy atom. The topological polar surface area (TPSA) is 68.0 Å². The van der Waals surface area contributed by atoms with Gasteiger partial charge in [0.2, 0.25) is 0 Å². The number of aryl methyl sites for hydroxylation is 3. The summed E-state index contributed by atoms with van der Waals surface area (Å²) in [5, 5.41) is 11.4. The van der Waals surface area contributed by atoms with Crippen LogP contribution in [0, 0.1) is 13.8 Å². The molecule has 3 heterocycles. The summed E-state index contributed by atoms with van der Waals surface area (Å²) >= 11 is 0. The van der Waals surface area contributed by atoms with Crippen LogP contribution in [-0.4, -0.2) is 43.6 Å². The lowest BCUT2D eigenvalue weighted by atomic mass is 9.96. The van der Waals surface area contributed by atoms with E-state index >= 15 is 0 Å². The maximum absolute atomic E-state index is 13.9. The summed E-state index contributed by atoms with van der Waals surface area (Å²) in [5.41, 5.74) is 3.40. The second-order valence-electron chi connectivity index (χ2n) is 8.33. The van der Waals surface area contributed by atoms with Gasteiger partial charge < -0.3 is 10.2 Å². The molecule has 170 valence electrons. The van der Waals surface area contributed by atoms with Crippen molar-refractivity contribution in [3.63, 3.8) is 0 Å². The third-order valence-corrected chi connectivity index (χ3v) is 5.76. The van der Waals surface area contributed by atoms with Crippen LogP contribution in [0.15, 0.2) is 36.5 Å². The van der Waals surface area contributed by atoms with E-state index in [1.165, 1.54) is 11.0 Å². The zero-order chi connectivity index (χ0) is 23.2. The number of nitrogens with one attached hydrogen (secondary N) is 1. The molecule has 0 saturated carbocycles. The summed E-state index contributed by atoms with van der Waals surface area (Å²) in [6.07, 6.45) is -2.89. The number of halogens is 3. The average molecular weight is 446 g/mol. The summed E-state index contributed by atoms with van der Waals surface area (Å²) in [7, 11) is 3.38. The summed E-state index contributed by atoms with van der Waals surface area (Å²) in [6.45, 7) is 4.04. The fourth-order valence-corrected chi connectivity index (χ4v) is 4.02. The molecule has 0 unspecified atom stereocenters. The van der Waals surface area contributed by atoms with Crippen LogP contribution >= 0.6 is 0 Å². The van der Waals surface area contributed by atoms with Crippen molar-refractivity contribution >= 4 is 11.7 Å². The van der Waals surface area contributed by atoms with Crippen molar-refractivity contribution in [2.24, 2.45) is 7.05 Å². The molecule has 0 radical (unpaired) electrons. The molecule has 2 atom stereocenters. The number of alkyl halides is 3. The lowest BCUT2D eigenvalue weighted by molar-refractivity contribution is -0.173. The molecule has 0 aliphatic carbocycles. The van der Waals surface area contributed by atoms with Crippen LogP contribution in [0.25, 0.3) is 0 Å². The molecule has 0 fully saturated rings. The quantitative estimate of drug-likeness (QED) is 0.653. The SMILES string of the molecule is Cc1ccc([C@@H]2C[C@H](C(F)(F)F)n3nc(C(=O)N(C)Cc4cn(C)nc4C)cc3N2)cc1. The van der Waals surface area contributed by atoms with Crippen molar-refractivity contribution < 1.29 is 18.0 Å². The minimum Gasteiger partial charge on any atom is -0.363 e. The molecule has 1 aliphatic rings. The fraction of sp³-hybridized carbons (Fsp3) is 0.409. The number of anilines is 1. The highest BCUT2D eigenvalue weighted by molar-refractivity contribution is 5.93. The largest absolute Gasteiger partial charge is 0.410 e. The van der Waals surface area contributed by atoms with Crippen LogP contribution in [0.2, 0.25) is 0 Å². The maximum atomic E-state index is 13.9. The Kier molecular flexibility index (Phi) is 5.47. The molecule has 10 heteroatoms. The zero-order valence-electron chi connectivity index (χ0n) is 18.3. The predicted molar refractivity (Wildman–Crippen MR) is 113 cm³/mol. The molecule has 0 saturated heterocycles. The molecule has 1 N–H and O–H groups in total. The van der Waals surface area contributed by atoms with Gasteiger partial charge in [-0.15, -0.1) is 0 Å². The van der Waals surface area contributed by atoms with Gasteiger partial charge in [-0.1, -0.05) is 29.8 Å². The Bertz CT molecular complexity index is 1130. The maximum Gasteiger partial charge on any atom is 0.410 e. The van der Waals surface area contributed by atoms with E-state index in [2.05, 4.69) is 15.5 Å². The first-order valence-corrected chi connectivity index (χ1v) is 10.3. The Balaban J connectivity index is 1.61. The molecule has 7 nitrogen and oxygen atoms in total. The van der Waals surface area contributed by atoms with Gasteiger partial charge in [-0.3, -0.25) is 9.48 Å². The molecular weight excluding hydrogens is 421 g/mol. The molecule has 4 rings (SSSR count). The summed E-state index contributed by atoms with van der Waals surface area (Å²) in [4.78, 5) is 14.4. The average Bonchev–Trinajstić information content (AvgIpc) is 3.28. The van der Waals surface area contributed by atoms with Crippen molar-refractivity contribution in [1.82, 2.24) is 24.5 Å². The number of benzene rings is 1. The Hall–Kier alpha value is -3.30. The van der Waals surface area contributed by atoms with E-state index in [-0.39, 0.29) is 24.5 Å². The number of carbonyl (C=O) groups is 1. The standard InChI is InChI=1S/C22H25F3N6O/c1-13-5-7-15(8-6-13)17-9-19(22(23,24)25)31-20(26-17)10-18(28-31)21(32)29(3)11-16-12-30(4)27-14(16)2/h5-8,10,12,17,19,26H,9,11H2,1-4H3/t17-,19+/m0/s1. The smallest absolute Gasteiger partial charge is 0.363 e. The van der Waals surface area contributed by atoms with Gasteiger partial charge in [0.25, 0.3) is 5.91 Å². The zero-order valence-corrected chi connectivity index (χ0v) is 18.3. The van der Waals surface area contributed by atoms with E-state index < -0.39 is 24.2 Å². The first kappa shape index (κ1) is 21.9. The second kappa shape index (κ2) is 7.99. The number of hydrogen-bond donors (Lipinski definition) is 1. The Morgan fingerprint density at radius 2 is 1.91 bits per heavy atom. The molecule has 1 aromatic carbocycles. The predicted octanol–water partition coefficient (Wildman–Crippen LogP) is 4.17. The van der Waals surface area contributed by atoms with Gasteiger partial charge in [-0.25, -0.2) is 4.68 Å². The van der Waals surface area contributed by atoms with Gasteiger partial charge in [-0.05, 0) is 19.4 Å². The molecule has 3 aromatic rings. The number of fused-ring (bicyclic) bond motifs is 1. The monoisotopic (exact) mass is 446 g/mol. The number of hydrogen-bond acceptors (Lipinski definition) is 4. The number of rotatable bonds is 4. The van der Waals surface area contributed by atoms with Gasteiger partial charge in [0.15, 0.2) is 11.7 Å². The first-order valence-electron chi connectivity index (χ1n) is 10.3. The number of carbonyl (C=O) groups excluding carboxylic acids is 1. The summed E-state index contributed by atoms with van der Waals surface area (Å²) in [5.74, 6) is -0.275. The summed E-state index contributed by atoms with van der Waals surface area (Å²) in [6, 6.07) is 6.42. The van der Waals surface area contributed by atoms with Crippen molar-refractivity contribution in [2.45, 2.75) is 45.1 Å². The normalized spacial score (nSPS) is 18.2. The van der Waals surface area contributed by atoms with Crippen molar-refractivity contribution in [1.29, 1.82) is 0 Å². The minimum absolute atomic E-state index is 0.0321. The van der Waals surface area contributed by atoms with Gasteiger partial charge >= 0.3 is 6.18 Å². The van der Waals surface area contributed by atoms with Gasteiger partial charge in [0, 0.05) is 44.9 Å². The lowest BCUT2D eigenvalue weighted by Gasteiger charge is -2.33. The van der Waals surface area contributed by atoms with Crippen LogP contribution in [0.4, 0.5) is 19.0 Å². The molecule has 1 amide bonds. The lowest BCUT2D eigenvalue weighted by Crippen LogP contribution is -2.35. The highest BCUT2D eigenvalue weighted by Crippen LogP contribution is 2.43. The summed E-state index contributed by atoms with van der Waals surface area (Å²) < 4.78 is 44.2.